The van der Waals surface area contributed by atoms with Gasteiger partial charge in [-0.15, -0.1) is 0 Å². The zero-order chi connectivity index (χ0) is 13.6. The number of carbonyl (C=O) groups excluding carboxylic acids is 3. The van der Waals surface area contributed by atoms with Crippen LogP contribution in [0.5, 0.6) is 0 Å². The summed E-state index contributed by atoms with van der Waals surface area (Å²) in [5.41, 5.74) is 6.44. The summed E-state index contributed by atoms with van der Waals surface area (Å²) in [7, 11) is 0. The molecule has 1 aliphatic carbocycles. The van der Waals surface area contributed by atoms with Gasteiger partial charge in [-0.1, -0.05) is 6.07 Å². The van der Waals surface area contributed by atoms with Gasteiger partial charge in [-0.05, 0) is 25.0 Å². The lowest BCUT2D eigenvalue weighted by Crippen LogP contribution is -2.41. The Morgan fingerprint density at radius 2 is 2.05 bits per heavy atom. The largest absolute Gasteiger partial charge is 0.398 e. The van der Waals surface area contributed by atoms with Gasteiger partial charge >= 0.3 is 0 Å². The van der Waals surface area contributed by atoms with E-state index < -0.39 is 11.8 Å². The molecule has 6 heteroatoms. The normalized spacial score (nSPS) is 17.6. The monoisotopic (exact) mass is 259 g/mol. The minimum Gasteiger partial charge on any atom is -0.398 e. The first kappa shape index (κ1) is 11.7. The van der Waals surface area contributed by atoms with Crippen molar-refractivity contribution in [3.05, 3.63) is 29.3 Å². The highest BCUT2D eigenvalue weighted by atomic mass is 16.2. The van der Waals surface area contributed by atoms with Crippen LogP contribution in [-0.2, 0) is 4.79 Å². The fraction of sp³-hybridized carbons (Fsp3) is 0.308. The Hall–Kier alpha value is -2.37. The van der Waals surface area contributed by atoms with Crippen molar-refractivity contribution in [2.24, 2.45) is 0 Å². The maximum absolute atomic E-state index is 12.1. The standard InChI is InChI=1S/C13H13N3O3/c14-9-3-1-2-8-11(9)13(19)16(12(8)18)6-10(17)15-7-4-5-7/h1-3,7H,4-6,14H2,(H,15,17). The van der Waals surface area contributed by atoms with E-state index in [0.29, 0.717) is 0 Å². The third-order valence-electron chi connectivity index (χ3n) is 3.28. The quantitative estimate of drug-likeness (QED) is 0.596. The van der Waals surface area contributed by atoms with E-state index in [4.69, 9.17) is 5.73 Å². The Balaban J connectivity index is 1.81. The van der Waals surface area contributed by atoms with Gasteiger partial charge in [0, 0.05) is 11.7 Å². The van der Waals surface area contributed by atoms with Gasteiger partial charge in [0.05, 0.1) is 11.1 Å². The first-order chi connectivity index (χ1) is 9.08. The number of hydrogen-bond acceptors (Lipinski definition) is 4. The van der Waals surface area contributed by atoms with E-state index in [9.17, 15) is 14.4 Å². The van der Waals surface area contributed by atoms with Crippen molar-refractivity contribution in [2.45, 2.75) is 18.9 Å². The minimum atomic E-state index is -0.496. The Kier molecular flexibility index (Phi) is 2.51. The number of anilines is 1. The van der Waals surface area contributed by atoms with Gasteiger partial charge in [-0.25, -0.2) is 0 Å². The number of fused-ring (bicyclic) bond motifs is 1. The molecule has 0 unspecified atom stereocenters. The van der Waals surface area contributed by atoms with Crippen molar-refractivity contribution < 1.29 is 14.4 Å². The van der Waals surface area contributed by atoms with Crippen LogP contribution in [0.2, 0.25) is 0 Å². The van der Waals surface area contributed by atoms with Crippen LogP contribution in [0.4, 0.5) is 5.69 Å². The lowest BCUT2D eigenvalue weighted by molar-refractivity contribution is -0.121. The van der Waals surface area contributed by atoms with E-state index in [1.54, 1.807) is 18.2 Å². The average Bonchev–Trinajstić information content (AvgIpc) is 3.14. The number of nitrogens with one attached hydrogen (secondary N) is 1. The highest BCUT2D eigenvalue weighted by molar-refractivity contribution is 6.24. The van der Waals surface area contributed by atoms with Gasteiger partial charge in [0.1, 0.15) is 6.54 Å². The fourth-order valence-electron chi connectivity index (χ4n) is 2.15. The summed E-state index contributed by atoms with van der Waals surface area (Å²) in [4.78, 5) is 36.8. The summed E-state index contributed by atoms with van der Waals surface area (Å²) in [6, 6.07) is 4.93. The summed E-state index contributed by atoms with van der Waals surface area (Å²) in [5.74, 6) is -1.27. The van der Waals surface area contributed by atoms with E-state index in [-0.39, 0.29) is 35.3 Å². The second kappa shape index (κ2) is 4.08. The molecule has 1 aliphatic heterocycles. The maximum atomic E-state index is 12.1. The number of amides is 3. The van der Waals surface area contributed by atoms with Crippen LogP contribution in [0.3, 0.4) is 0 Å². The molecular formula is C13H13N3O3. The number of nitrogen functional groups attached to an aromatic ring is 1. The molecule has 3 amide bonds. The van der Waals surface area contributed by atoms with Crippen molar-refractivity contribution in [1.82, 2.24) is 10.2 Å². The number of hydrogen-bond donors (Lipinski definition) is 2. The molecule has 1 heterocycles. The van der Waals surface area contributed by atoms with Crippen molar-refractivity contribution in [3.8, 4) is 0 Å². The van der Waals surface area contributed by atoms with Crippen LogP contribution in [-0.4, -0.2) is 35.2 Å². The molecule has 6 nitrogen and oxygen atoms in total. The van der Waals surface area contributed by atoms with Gasteiger partial charge in [-0.2, -0.15) is 0 Å². The molecule has 0 saturated heterocycles. The Morgan fingerprint density at radius 1 is 1.32 bits per heavy atom. The predicted octanol–water partition coefficient (Wildman–Crippen LogP) is 0.143. The molecular weight excluding hydrogens is 246 g/mol. The van der Waals surface area contributed by atoms with E-state index in [0.717, 1.165) is 17.7 Å². The summed E-state index contributed by atoms with van der Waals surface area (Å²) in [5, 5.41) is 2.75. The first-order valence-electron chi connectivity index (χ1n) is 6.12. The Labute approximate surface area is 109 Å². The van der Waals surface area contributed by atoms with E-state index in [1.807, 2.05) is 0 Å². The lowest BCUT2D eigenvalue weighted by atomic mass is 10.1. The molecule has 1 fully saturated rings. The SMILES string of the molecule is Nc1cccc2c1C(=O)N(CC(=O)NC1CC1)C2=O. The molecule has 1 aromatic rings. The molecule has 1 aromatic carbocycles. The van der Waals surface area contributed by atoms with Crippen LogP contribution in [0, 0.1) is 0 Å². The molecule has 0 spiro atoms. The van der Waals surface area contributed by atoms with Gasteiger partial charge in [-0.3, -0.25) is 19.3 Å². The van der Waals surface area contributed by atoms with Crippen molar-refractivity contribution in [3.63, 3.8) is 0 Å². The molecule has 19 heavy (non-hydrogen) atoms. The molecule has 3 N–H and O–H groups in total. The second-order valence-corrected chi connectivity index (χ2v) is 4.81. The summed E-state index contributed by atoms with van der Waals surface area (Å²) >= 11 is 0. The van der Waals surface area contributed by atoms with Crippen molar-refractivity contribution >= 4 is 23.4 Å². The highest BCUT2D eigenvalue weighted by Crippen LogP contribution is 2.27. The zero-order valence-electron chi connectivity index (χ0n) is 10.2. The smallest absolute Gasteiger partial charge is 0.264 e. The number of nitrogens with two attached hydrogens (primary N) is 1. The highest BCUT2D eigenvalue weighted by Gasteiger charge is 2.38. The van der Waals surface area contributed by atoms with Gasteiger partial charge < -0.3 is 11.1 Å². The van der Waals surface area contributed by atoms with E-state index in [1.165, 1.54) is 0 Å². The minimum absolute atomic E-state index is 0.201. The van der Waals surface area contributed by atoms with Crippen molar-refractivity contribution in [1.29, 1.82) is 0 Å². The fourth-order valence-corrected chi connectivity index (χ4v) is 2.15. The third kappa shape index (κ3) is 1.95. The van der Waals surface area contributed by atoms with Crippen LogP contribution in [0.15, 0.2) is 18.2 Å². The molecule has 98 valence electrons. The van der Waals surface area contributed by atoms with Crippen LogP contribution in [0.1, 0.15) is 33.6 Å². The Bertz CT molecular complexity index is 593. The number of rotatable bonds is 3. The summed E-state index contributed by atoms with van der Waals surface area (Å²) < 4.78 is 0. The van der Waals surface area contributed by atoms with Gasteiger partial charge in [0.25, 0.3) is 11.8 Å². The molecule has 0 aromatic heterocycles. The predicted molar refractivity (Wildman–Crippen MR) is 67.4 cm³/mol. The lowest BCUT2D eigenvalue weighted by Gasteiger charge is -2.13. The van der Waals surface area contributed by atoms with E-state index >= 15 is 0 Å². The summed E-state index contributed by atoms with van der Waals surface area (Å²) in [6.45, 7) is -0.248. The third-order valence-corrected chi connectivity index (χ3v) is 3.28. The Morgan fingerprint density at radius 3 is 2.68 bits per heavy atom. The zero-order valence-corrected chi connectivity index (χ0v) is 10.2. The van der Waals surface area contributed by atoms with Crippen molar-refractivity contribution in [2.75, 3.05) is 12.3 Å². The molecule has 1 saturated carbocycles. The van der Waals surface area contributed by atoms with Crippen LogP contribution < -0.4 is 11.1 Å². The summed E-state index contributed by atoms with van der Waals surface area (Å²) in [6.07, 6.45) is 1.92. The number of benzene rings is 1. The molecule has 2 aliphatic rings. The van der Waals surface area contributed by atoms with Crippen LogP contribution >= 0.6 is 0 Å². The van der Waals surface area contributed by atoms with Gasteiger partial charge in [0.2, 0.25) is 5.91 Å². The average molecular weight is 259 g/mol. The first-order valence-corrected chi connectivity index (χ1v) is 6.12. The maximum Gasteiger partial charge on any atom is 0.264 e. The molecule has 0 radical (unpaired) electrons. The van der Waals surface area contributed by atoms with Crippen LogP contribution in [0.25, 0.3) is 0 Å². The number of carbonyl (C=O) groups is 3. The number of imide groups is 1. The van der Waals surface area contributed by atoms with Gasteiger partial charge in [0.15, 0.2) is 0 Å². The topological polar surface area (TPSA) is 92.5 Å². The molecule has 0 atom stereocenters. The molecule has 3 rings (SSSR count). The number of nitrogens with zero attached hydrogens (tertiary/aromatic N) is 1. The molecule has 0 bridgehead atoms. The van der Waals surface area contributed by atoms with E-state index in [2.05, 4.69) is 5.32 Å². The second-order valence-electron chi connectivity index (χ2n) is 4.81.